The smallest absolute Gasteiger partial charge is 0.274 e. The fourth-order valence-electron chi connectivity index (χ4n) is 3.67. The molecule has 0 N–H and O–H groups in total. The van der Waals surface area contributed by atoms with Crippen LogP contribution in [0, 0.1) is 12.8 Å². The number of hydrogen-bond acceptors (Lipinski definition) is 4. The molecule has 0 aliphatic heterocycles. The van der Waals surface area contributed by atoms with E-state index < -0.39 is 0 Å². The third-order valence-electron chi connectivity index (χ3n) is 5.60. The van der Waals surface area contributed by atoms with E-state index in [9.17, 15) is 4.79 Å². The molecule has 160 valence electrons. The minimum atomic E-state index is -0.0406. The zero-order valence-corrected chi connectivity index (χ0v) is 18.8. The Morgan fingerprint density at radius 2 is 1.73 bits per heavy atom. The zero-order valence-electron chi connectivity index (χ0n) is 18.8. The highest BCUT2D eigenvalue weighted by Gasteiger charge is 2.21. The van der Waals surface area contributed by atoms with Crippen LogP contribution in [0.2, 0.25) is 0 Å². The molecule has 0 spiro atoms. The van der Waals surface area contributed by atoms with Gasteiger partial charge in [-0.2, -0.15) is 5.10 Å². The lowest BCUT2D eigenvalue weighted by Gasteiger charge is -2.23. The van der Waals surface area contributed by atoms with Crippen molar-refractivity contribution in [2.24, 2.45) is 13.0 Å². The third-order valence-corrected chi connectivity index (χ3v) is 5.60. The Bertz CT molecular complexity index is 1020. The van der Waals surface area contributed by atoms with Crippen LogP contribution < -0.4 is 10.3 Å². The van der Waals surface area contributed by atoms with Crippen LogP contribution in [0.25, 0.3) is 10.8 Å². The normalized spacial score (nSPS) is 14.3. The average molecular weight is 408 g/mol. The molecule has 1 aliphatic rings. The molecule has 0 radical (unpaired) electrons. The lowest BCUT2D eigenvalue weighted by molar-refractivity contribution is 0.289. The number of hydrogen-bond donors (Lipinski definition) is 0. The van der Waals surface area contributed by atoms with Gasteiger partial charge in [0.2, 0.25) is 0 Å². The molecule has 1 aromatic heterocycles. The van der Waals surface area contributed by atoms with E-state index >= 15 is 0 Å². The highest BCUT2D eigenvalue weighted by atomic mass is 16.5. The minimum absolute atomic E-state index is 0.0406. The van der Waals surface area contributed by atoms with Gasteiger partial charge in [0.15, 0.2) is 0 Å². The maximum atomic E-state index is 11.6. The van der Waals surface area contributed by atoms with E-state index in [1.165, 1.54) is 23.1 Å². The second-order valence-corrected chi connectivity index (χ2v) is 8.27. The Morgan fingerprint density at radius 1 is 1.10 bits per heavy atom. The van der Waals surface area contributed by atoms with Crippen molar-refractivity contribution in [1.29, 1.82) is 0 Å². The third kappa shape index (κ3) is 5.48. The fraction of sp³-hybridized carbons (Fsp3) is 0.440. The van der Waals surface area contributed by atoms with Crippen LogP contribution in [0.3, 0.4) is 0 Å². The first-order chi connectivity index (χ1) is 14.4. The molecule has 4 rings (SSSR count). The van der Waals surface area contributed by atoms with Gasteiger partial charge in [-0.3, -0.25) is 4.79 Å². The van der Waals surface area contributed by atoms with Crippen molar-refractivity contribution < 1.29 is 4.74 Å². The second-order valence-electron chi connectivity index (χ2n) is 8.27. The summed E-state index contributed by atoms with van der Waals surface area (Å²) >= 11 is 0. The highest BCUT2D eigenvalue weighted by molar-refractivity contribution is 5.83. The van der Waals surface area contributed by atoms with Gasteiger partial charge in [-0.05, 0) is 70.0 Å². The van der Waals surface area contributed by atoms with Gasteiger partial charge >= 0.3 is 0 Å². The van der Waals surface area contributed by atoms with Crippen molar-refractivity contribution in [3.63, 3.8) is 0 Å². The molecule has 1 saturated carbocycles. The average Bonchev–Trinajstić information content (AvgIpc) is 3.57. The lowest BCUT2D eigenvalue weighted by atomic mass is 10.0. The first-order valence-corrected chi connectivity index (χ1v) is 10.7. The van der Waals surface area contributed by atoms with Crippen molar-refractivity contribution in [1.82, 2.24) is 14.7 Å². The van der Waals surface area contributed by atoms with Crippen LogP contribution >= 0.6 is 0 Å². The quantitative estimate of drug-likeness (QED) is 0.593. The van der Waals surface area contributed by atoms with E-state index in [-0.39, 0.29) is 5.56 Å². The van der Waals surface area contributed by atoms with Gasteiger partial charge in [0, 0.05) is 18.5 Å². The monoisotopic (exact) mass is 407 g/mol. The van der Waals surface area contributed by atoms with Gasteiger partial charge < -0.3 is 9.64 Å². The van der Waals surface area contributed by atoms with Crippen LogP contribution in [0.1, 0.15) is 43.5 Å². The van der Waals surface area contributed by atoms with E-state index in [2.05, 4.69) is 55.3 Å². The molecule has 1 unspecified atom stereocenters. The summed E-state index contributed by atoms with van der Waals surface area (Å²) in [4.78, 5) is 13.8. The van der Waals surface area contributed by atoms with Crippen LogP contribution in [0.15, 0.2) is 53.3 Å². The van der Waals surface area contributed by atoms with Gasteiger partial charge in [0.1, 0.15) is 5.75 Å². The number of ether oxygens (including phenoxy) is 1. The molecule has 5 heteroatoms. The molecular weight excluding hydrogens is 374 g/mol. The molecule has 0 bridgehead atoms. The molecule has 1 heterocycles. The Balaban J connectivity index is 0.000000177. The molecule has 3 aromatic rings. The SMILES string of the molecule is CCC(c1ccc(OCC2CC2)cc1)N(C)C.Cc1nn(C)c(=O)c2ccccc12. The molecule has 5 nitrogen and oxygen atoms in total. The first-order valence-electron chi connectivity index (χ1n) is 10.7. The molecule has 1 fully saturated rings. The standard InChI is InChI=1S/C15H23NO.C10H10N2O/c1-4-15(16(2)3)13-7-9-14(10-8-13)17-11-12-5-6-12;1-7-8-5-3-4-6-9(8)10(13)12(2)11-7/h7-10,12,15H,4-6,11H2,1-3H3;3-6H,1-2H3. The molecule has 0 saturated heterocycles. The molecule has 30 heavy (non-hydrogen) atoms. The van der Waals surface area contributed by atoms with Crippen molar-refractivity contribution in [2.45, 2.75) is 39.2 Å². The maximum Gasteiger partial charge on any atom is 0.274 e. The summed E-state index contributed by atoms with van der Waals surface area (Å²) in [5.41, 5.74) is 2.22. The second kappa shape index (κ2) is 9.90. The number of benzene rings is 2. The molecule has 0 amide bonds. The van der Waals surface area contributed by atoms with Gasteiger partial charge in [-0.25, -0.2) is 4.68 Å². The van der Waals surface area contributed by atoms with Crippen molar-refractivity contribution >= 4 is 10.8 Å². The predicted octanol–water partition coefficient (Wildman–Crippen LogP) is 4.73. The van der Waals surface area contributed by atoms with Crippen LogP contribution in [-0.2, 0) is 7.05 Å². The molecule has 1 atom stereocenters. The number of rotatable bonds is 6. The van der Waals surface area contributed by atoms with Crippen LogP contribution in [-0.4, -0.2) is 35.4 Å². The van der Waals surface area contributed by atoms with Gasteiger partial charge in [0.25, 0.3) is 5.56 Å². The summed E-state index contributed by atoms with van der Waals surface area (Å²) in [6.07, 6.45) is 3.82. The summed E-state index contributed by atoms with van der Waals surface area (Å²) in [6.45, 7) is 5.02. The van der Waals surface area contributed by atoms with Crippen molar-refractivity contribution in [2.75, 3.05) is 20.7 Å². The number of aromatic nitrogens is 2. The predicted molar refractivity (Wildman–Crippen MR) is 123 cm³/mol. The Hall–Kier alpha value is -2.66. The highest BCUT2D eigenvalue weighted by Crippen LogP contribution is 2.30. The Kier molecular flexibility index (Phi) is 7.27. The van der Waals surface area contributed by atoms with Gasteiger partial charge in [-0.15, -0.1) is 0 Å². The van der Waals surface area contributed by atoms with Gasteiger partial charge in [-0.1, -0.05) is 37.3 Å². The minimum Gasteiger partial charge on any atom is -0.493 e. The molecule has 2 aromatic carbocycles. The van der Waals surface area contributed by atoms with Crippen LogP contribution in [0.5, 0.6) is 5.75 Å². The van der Waals surface area contributed by atoms with Gasteiger partial charge in [0.05, 0.1) is 17.7 Å². The fourth-order valence-corrected chi connectivity index (χ4v) is 3.67. The van der Waals surface area contributed by atoms with E-state index in [0.29, 0.717) is 6.04 Å². The Morgan fingerprint density at radius 3 is 2.30 bits per heavy atom. The largest absolute Gasteiger partial charge is 0.493 e. The number of nitrogens with zero attached hydrogens (tertiary/aromatic N) is 3. The lowest BCUT2D eigenvalue weighted by Crippen LogP contribution is -2.20. The topological polar surface area (TPSA) is 47.4 Å². The maximum absolute atomic E-state index is 11.6. The van der Waals surface area contributed by atoms with E-state index in [1.54, 1.807) is 7.05 Å². The van der Waals surface area contributed by atoms with Crippen molar-refractivity contribution in [3.8, 4) is 5.75 Å². The Labute approximate surface area is 179 Å². The first kappa shape index (κ1) is 22.0. The van der Waals surface area contributed by atoms with E-state index in [1.807, 2.05) is 31.2 Å². The summed E-state index contributed by atoms with van der Waals surface area (Å²) < 4.78 is 7.12. The number of aryl methyl sites for hydroxylation is 2. The molecule has 1 aliphatic carbocycles. The van der Waals surface area contributed by atoms with E-state index in [0.717, 1.165) is 41.2 Å². The zero-order chi connectivity index (χ0) is 21.7. The summed E-state index contributed by atoms with van der Waals surface area (Å²) in [5, 5.41) is 5.78. The number of fused-ring (bicyclic) bond motifs is 1. The summed E-state index contributed by atoms with van der Waals surface area (Å²) in [5.74, 6) is 1.83. The van der Waals surface area contributed by atoms with Crippen LogP contribution in [0.4, 0.5) is 0 Å². The summed E-state index contributed by atoms with van der Waals surface area (Å²) in [6, 6.07) is 16.6. The van der Waals surface area contributed by atoms with E-state index in [4.69, 9.17) is 4.74 Å². The summed E-state index contributed by atoms with van der Waals surface area (Å²) in [7, 11) is 5.93. The molecular formula is C25H33N3O2. The van der Waals surface area contributed by atoms with Crippen molar-refractivity contribution in [3.05, 3.63) is 70.1 Å².